The zero-order chi connectivity index (χ0) is 18.1. The number of hydrogen-bond donors (Lipinski definition) is 2. The van der Waals surface area contributed by atoms with Gasteiger partial charge in [-0.3, -0.25) is 10.4 Å². The predicted octanol–water partition coefficient (Wildman–Crippen LogP) is 3.23. The van der Waals surface area contributed by atoms with E-state index in [1.54, 1.807) is 14.2 Å². The summed E-state index contributed by atoms with van der Waals surface area (Å²) in [6, 6.07) is 9.53. The minimum atomic E-state index is -0.338. The van der Waals surface area contributed by atoms with Gasteiger partial charge >= 0.3 is 0 Å². The summed E-state index contributed by atoms with van der Waals surface area (Å²) < 4.78 is 10.6. The van der Waals surface area contributed by atoms with Gasteiger partial charge in [-0.1, -0.05) is 0 Å². The minimum Gasteiger partial charge on any atom is -0.497 e. The van der Waals surface area contributed by atoms with Gasteiger partial charge in [0.2, 0.25) is 0 Å². The molecule has 1 aromatic carbocycles. The fraction of sp³-hybridized carbons (Fsp3) is 0.333. The van der Waals surface area contributed by atoms with Crippen LogP contribution in [0.25, 0.3) is 0 Å². The van der Waals surface area contributed by atoms with Gasteiger partial charge in [-0.15, -0.1) is 11.8 Å². The third kappa shape index (κ3) is 3.17. The molecule has 0 aliphatic carbocycles. The molecule has 2 unspecified atom stereocenters. The molecule has 1 aliphatic heterocycles. The molecular weight excluding hydrogens is 336 g/mol. The highest BCUT2D eigenvalue weighted by Gasteiger charge is 2.38. The van der Waals surface area contributed by atoms with Gasteiger partial charge in [-0.05, 0) is 49.7 Å². The number of nitrogens with two attached hydrogens (primary N) is 1. The average Bonchev–Trinajstić information content (AvgIpc) is 2.89. The van der Waals surface area contributed by atoms with Gasteiger partial charge in [0.05, 0.1) is 25.6 Å². The lowest BCUT2D eigenvalue weighted by Gasteiger charge is -2.22. The van der Waals surface area contributed by atoms with Crippen LogP contribution in [0.3, 0.4) is 0 Å². The largest absolute Gasteiger partial charge is 0.497 e. The first-order chi connectivity index (χ1) is 12.0. The highest BCUT2D eigenvalue weighted by atomic mass is 32.2. The fourth-order valence-electron chi connectivity index (χ4n) is 3.06. The van der Waals surface area contributed by atoms with Gasteiger partial charge < -0.3 is 20.1 Å². The lowest BCUT2D eigenvalue weighted by atomic mass is 10.1. The van der Waals surface area contributed by atoms with Crippen LogP contribution >= 0.6 is 11.8 Å². The Bertz CT molecular complexity index is 771. The topological polar surface area (TPSA) is 84.5 Å². The van der Waals surface area contributed by atoms with Crippen LogP contribution in [0.2, 0.25) is 0 Å². The Labute approximate surface area is 151 Å². The van der Waals surface area contributed by atoms with E-state index in [9.17, 15) is 0 Å². The molecule has 2 atom stereocenters. The lowest BCUT2D eigenvalue weighted by molar-refractivity contribution is 0.405. The van der Waals surface area contributed by atoms with Crippen LogP contribution in [-0.2, 0) is 0 Å². The quantitative estimate of drug-likeness (QED) is 0.873. The number of aryl methyl sites for hydroxylation is 2. The van der Waals surface area contributed by atoms with E-state index in [1.807, 2.05) is 49.1 Å². The van der Waals surface area contributed by atoms with Gasteiger partial charge in [0.25, 0.3) is 0 Å². The highest BCUT2D eigenvalue weighted by molar-refractivity contribution is 8.01. The maximum atomic E-state index is 8.63. The van der Waals surface area contributed by atoms with Crippen LogP contribution in [-0.4, -0.2) is 30.5 Å². The zero-order valence-electron chi connectivity index (χ0n) is 14.7. The van der Waals surface area contributed by atoms with E-state index in [-0.39, 0.29) is 10.7 Å². The average molecular weight is 358 g/mol. The number of ether oxygens (including phenoxy) is 2. The Hall–Kier alpha value is -2.25. The Balaban J connectivity index is 1.92. The number of anilines is 1. The van der Waals surface area contributed by atoms with Crippen molar-refractivity contribution in [3.05, 3.63) is 47.3 Å². The van der Waals surface area contributed by atoms with E-state index in [2.05, 4.69) is 4.98 Å². The number of nitrogens with zero attached hydrogens (tertiary/aromatic N) is 2. The first-order valence-corrected chi connectivity index (χ1v) is 8.85. The second-order valence-electron chi connectivity index (χ2n) is 5.84. The SMILES string of the molecule is COc1ccc(N2C(=N)C(c3cc(C)c(OC)c(C)n3)SC2N)cc1. The molecule has 3 rings (SSSR count). The number of pyridine rings is 1. The van der Waals surface area contributed by atoms with E-state index in [1.165, 1.54) is 11.8 Å². The molecule has 1 saturated heterocycles. The monoisotopic (exact) mass is 358 g/mol. The second kappa shape index (κ2) is 6.93. The third-order valence-corrected chi connectivity index (χ3v) is 5.44. The summed E-state index contributed by atoms with van der Waals surface area (Å²) in [4.78, 5) is 6.46. The summed E-state index contributed by atoms with van der Waals surface area (Å²) in [5.74, 6) is 1.99. The van der Waals surface area contributed by atoms with Crippen molar-refractivity contribution in [3.8, 4) is 11.5 Å². The summed E-state index contributed by atoms with van der Waals surface area (Å²) in [6.07, 6.45) is 0. The van der Waals surface area contributed by atoms with E-state index in [4.69, 9.17) is 20.6 Å². The first kappa shape index (κ1) is 17.6. The lowest BCUT2D eigenvalue weighted by Crippen LogP contribution is -2.38. The Morgan fingerprint density at radius 2 is 1.84 bits per heavy atom. The molecule has 0 radical (unpaired) electrons. The maximum Gasteiger partial charge on any atom is 0.142 e. The molecule has 25 heavy (non-hydrogen) atoms. The molecule has 6 nitrogen and oxygen atoms in total. The zero-order valence-corrected chi connectivity index (χ0v) is 15.6. The van der Waals surface area contributed by atoms with Crippen LogP contribution in [0.15, 0.2) is 30.3 Å². The van der Waals surface area contributed by atoms with Crippen LogP contribution in [0.5, 0.6) is 11.5 Å². The summed E-state index contributed by atoms with van der Waals surface area (Å²) in [7, 11) is 3.27. The number of benzene rings is 1. The molecular formula is C18H22N4O2S. The van der Waals surface area contributed by atoms with Crippen molar-refractivity contribution in [1.29, 1.82) is 5.41 Å². The van der Waals surface area contributed by atoms with Crippen molar-refractivity contribution < 1.29 is 9.47 Å². The molecule has 0 bridgehead atoms. The minimum absolute atomic E-state index is 0.208. The van der Waals surface area contributed by atoms with E-state index in [0.29, 0.717) is 5.84 Å². The van der Waals surface area contributed by atoms with Crippen LogP contribution in [0.4, 0.5) is 5.69 Å². The Morgan fingerprint density at radius 1 is 1.16 bits per heavy atom. The normalized spacial score (nSPS) is 20.0. The van der Waals surface area contributed by atoms with Crippen LogP contribution in [0, 0.1) is 19.3 Å². The molecule has 3 N–H and O–H groups in total. The van der Waals surface area contributed by atoms with Crippen molar-refractivity contribution in [1.82, 2.24) is 4.98 Å². The van der Waals surface area contributed by atoms with Gasteiger partial charge in [-0.2, -0.15) is 0 Å². The van der Waals surface area contributed by atoms with E-state index < -0.39 is 0 Å². The number of hydrogen-bond acceptors (Lipinski definition) is 6. The molecule has 7 heteroatoms. The predicted molar refractivity (Wildman–Crippen MR) is 102 cm³/mol. The van der Waals surface area contributed by atoms with Crippen LogP contribution in [0.1, 0.15) is 22.2 Å². The van der Waals surface area contributed by atoms with E-state index in [0.717, 1.165) is 34.1 Å². The van der Waals surface area contributed by atoms with Gasteiger partial charge in [0.1, 0.15) is 28.1 Å². The summed E-state index contributed by atoms with van der Waals surface area (Å²) in [5, 5.41) is 8.42. The standard InChI is InChI=1S/C18H22N4O2S/c1-10-9-14(21-11(2)15(10)24-4)16-17(19)22(18(20)25-16)12-5-7-13(23-3)8-6-12/h5-9,16,18-19H,20H2,1-4H3. The van der Waals surface area contributed by atoms with Crippen molar-refractivity contribution in [2.75, 3.05) is 19.1 Å². The van der Waals surface area contributed by atoms with Crippen molar-refractivity contribution in [2.45, 2.75) is 24.6 Å². The van der Waals surface area contributed by atoms with Crippen molar-refractivity contribution in [3.63, 3.8) is 0 Å². The van der Waals surface area contributed by atoms with Crippen molar-refractivity contribution >= 4 is 23.3 Å². The maximum absolute atomic E-state index is 8.63. The third-order valence-electron chi connectivity index (χ3n) is 4.21. The fourth-order valence-corrected chi connectivity index (χ4v) is 4.20. The summed E-state index contributed by atoms with van der Waals surface area (Å²) in [6.45, 7) is 3.90. The molecule has 1 aliphatic rings. The number of thioether (sulfide) groups is 1. The number of nitrogens with one attached hydrogen (secondary N) is 1. The number of methoxy groups -OCH3 is 2. The first-order valence-electron chi connectivity index (χ1n) is 7.91. The molecule has 0 spiro atoms. The summed E-state index contributed by atoms with van der Waals surface area (Å²) in [5.41, 5.74) is 9.49. The Morgan fingerprint density at radius 3 is 2.40 bits per heavy atom. The molecule has 1 aromatic heterocycles. The van der Waals surface area contributed by atoms with Gasteiger partial charge in [-0.25, -0.2) is 0 Å². The van der Waals surface area contributed by atoms with Gasteiger partial charge in [0.15, 0.2) is 0 Å². The number of rotatable bonds is 4. The molecule has 132 valence electrons. The second-order valence-corrected chi connectivity index (χ2v) is 7.07. The van der Waals surface area contributed by atoms with Crippen molar-refractivity contribution in [2.24, 2.45) is 5.73 Å². The number of amidine groups is 1. The van der Waals surface area contributed by atoms with Gasteiger partial charge in [0, 0.05) is 5.69 Å². The Kier molecular flexibility index (Phi) is 4.87. The molecule has 0 saturated carbocycles. The molecule has 2 heterocycles. The highest BCUT2D eigenvalue weighted by Crippen LogP contribution is 2.43. The molecule has 1 fully saturated rings. The number of aromatic nitrogens is 1. The molecule has 2 aromatic rings. The van der Waals surface area contributed by atoms with E-state index >= 15 is 0 Å². The smallest absolute Gasteiger partial charge is 0.142 e. The van der Waals surface area contributed by atoms with Crippen LogP contribution < -0.4 is 20.1 Å². The summed E-state index contributed by atoms with van der Waals surface area (Å²) >= 11 is 1.52. The molecule has 0 amide bonds.